The number of fused-ring (bicyclic) bond motifs is 1. The first kappa shape index (κ1) is 9.38. The van der Waals surface area contributed by atoms with E-state index < -0.39 is 0 Å². The fourth-order valence-corrected chi connectivity index (χ4v) is 2.13. The van der Waals surface area contributed by atoms with E-state index in [1.165, 1.54) is 12.8 Å². The van der Waals surface area contributed by atoms with E-state index in [4.69, 9.17) is 5.73 Å². The lowest BCUT2D eigenvalue weighted by atomic mass is 10.4. The zero-order valence-electron chi connectivity index (χ0n) is 9.22. The van der Waals surface area contributed by atoms with Crippen LogP contribution in [0.4, 0.5) is 11.8 Å². The summed E-state index contributed by atoms with van der Waals surface area (Å²) in [5.74, 6) is 1.22. The van der Waals surface area contributed by atoms with Crippen LogP contribution in [0.3, 0.4) is 0 Å². The summed E-state index contributed by atoms with van der Waals surface area (Å²) < 4.78 is 1.85. The van der Waals surface area contributed by atoms with E-state index in [0.29, 0.717) is 17.4 Å². The van der Waals surface area contributed by atoms with Crippen LogP contribution < -0.4 is 10.6 Å². The van der Waals surface area contributed by atoms with Crippen molar-refractivity contribution in [1.82, 2.24) is 19.5 Å². The maximum atomic E-state index is 5.93. The van der Waals surface area contributed by atoms with Crippen molar-refractivity contribution < 1.29 is 0 Å². The summed E-state index contributed by atoms with van der Waals surface area (Å²) in [5, 5.41) is 0. The number of hydrogen-bond acceptors (Lipinski definition) is 5. The molecule has 0 atom stereocenters. The monoisotopic (exact) mass is 218 g/mol. The molecule has 1 aliphatic rings. The van der Waals surface area contributed by atoms with Gasteiger partial charge in [-0.25, -0.2) is 4.98 Å². The second-order valence-electron chi connectivity index (χ2n) is 4.13. The molecule has 1 fully saturated rings. The van der Waals surface area contributed by atoms with E-state index in [0.717, 1.165) is 18.6 Å². The van der Waals surface area contributed by atoms with E-state index in [-0.39, 0.29) is 0 Å². The largest absolute Gasteiger partial charge is 0.382 e. The number of hydrogen-bond donors (Lipinski definition) is 1. The van der Waals surface area contributed by atoms with Crippen molar-refractivity contribution in [3.05, 3.63) is 6.33 Å². The van der Waals surface area contributed by atoms with E-state index in [1.54, 1.807) is 6.33 Å². The maximum Gasteiger partial charge on any atom is 0.229 e. The lowest BCUT2D eigenvalue weighted by Crippen LogP contribution is -2.21. The van der Waals surface area contributed by atoms with Crippen molar-refractivity contribution in [2.75, 3.05) is 23.7 Å². The summed E-state index contributed by atoms with van der Waals surface area (Å²) in [6, 6.07) is 0. The molecule has 16 heavy (non-hydrogen) atoms. The normalized spacial score (nSPS) is 16.2. The fourth-order valence-electron chi connectivity index (χ4n) is 2.13. The SMILES string of the molecule is Cn1cnc2nc(N3CCCC3)nc(N)c21. The second kappa shape index (κ2) is 3.33. The van der Waals surface area contributed by atoms with Gasteiger partial charge in [-0.15, -0.1) is 0 Å². The lowest BCUT2D eigenvalue weighted by molar-refractivity contribution is 0.904. The van der Waals surface area contributed by atoms with Crippen LogP contribution in [0.25, 0.3) is 11.2 Å². The number of aryl methyl sites for hydroxylation is 1. The summed E-state index contributed by atoms with van der Waals surface area (Å²) in [6.07, 6.45) is 4.11. The third-order valence-electron chi connectivity index (χ3n) is 2.98. The standard InChI is InChI=1S/C10H14N6/c1-15-6-12-9-7(15)8(11)13-10(14-9)16-4-2-3-5-16/h6H,2-5H2,1H3,(H2,11,13,14). The Morgan fingerprint density at radius 1 is 1.25 bits per heavy atom. The Hall–Kier alpha value is -1.85. The molecule has 0 aliphatic carbocycles. The van der Waals surface area contributed by atoms with Gasteiger partial charge in [0.2, 0.25) is 5.95 Å². The summed E-state index contributed by atoms with van der Waals surface area (Å²) in [4.78, 5) is 15.2. The molecule has 0 radical (unpaired) electrons. The van der Waals surface area contributed by atoms with Crippen LogP contribution in [0, 0.1) is 0 Å². The first-order valence-electron chi connectivity index (χ1n) is 5.45. The van der Waals surface area contributed by atoms with Crippen molar-refractivity contribution in [2.45, 2.75) is 12.8 Å². The van der Waals surface area contributed by atoms with Crippen LogP contribution in [-0.4, -0.2) is 32.6 Å². The maximum absolute atomic E-state index is 5.93. The molecule has 0 saturated carbocycles. The van der Waals surface area contributed by atoms with Gasteiger partial charge in [-0.05, 0) is 12.8 Å². The fraction of sp³-hybridized carbons (Fsp3) is 0.500. The molecule has 0 aromatic carbocycles. The van der Waals surface area contributed by atoms with E-state index >= 15 is 0 Å². The number of imidazole rings is 1. The zero-order valence-corrected chi connectivity index (χ0v) is 9.22. The van der Waals surface area contributed by atoms with Gasteiger partial charge in [0.25, 0.3) is 0 Å². The topological polar surface area (TPSA) is 72.9 Å². The van der Waals surface area contributed by atoms with Crippen molar-refractivity contribution >= 4 is 22.9 Å². The van der Waals surface area contributed by atoms with E-state index in [1.807, 2.05) is 11.6 Å². The average molecular weight is 218 g/mol. The van der Waals surface area contributed by atoms with Gasteiger partial charge in [-0.1, -0.05) is 0 Å². The highest BCUT2D eigenvalue weighted by atomic mass is 15.3. The highest BCUT2D eigenvalue weighted by Crippen LogP contribution is 2.22. The van der Waals surface area contributed by atoms with Gasteiger partial charge in [-0.2, -0.15) is 9.97 Å². The number of nitrogen functional groups attached to an aromatic ring is 1. The Labute approximate surface area is 93.1 Å². The van der Waals surface area contributed by atoms with Gasteiger partial charge in [0, 0.05) is 20.1 Å². The number of nitrogens with two attached hydrogens (primary N) is 1. The molecule has 2 N–H and O–H groups in total. The zero-order chi connectivity index (χ0) is 11.1. The van der Waals surface area contributed by atoms with Gasteiger partial charge >= 0.3 is 0 Å². The van der Waals surface area contributed by atoms with E-state index in [2.05, 4.69) is 19.9 Å². The van der Waals surface area contributed by atoms with Crippen molar-refractivity contribution in [1.29, 1.82) is 0 Å². The third kappa shape index (κ3) is 1.30. The van der Waals surface area contributed by atoms with Crippen LogP contribution in [-0.2, 0) is 7.05 Å². The van der Waals surface area contributed by atoms with Crippen molar-refractivity contribution in [2.24, 2.45) is 7.05 Å². The molecule has 6 heteroatoms. The molecular weight excluding hydrogens is 204 g/mol. The molecule has 2 aromatic rings. The predicted octanol–water partition coefficient (Wildman–Crippen LogP) is 0.546. The smallest absolute Gasteiger partial charge is 0.229 e. The molecular formula is C10H14N6. The van der Waals surface area contributed by atoms with Gasteiger partial charge in [0.15, 0.2) is 11.5 Å². The number of rotatable bonds is 1. The van der Waals surface area contributed by atoms with Gasteiger partial charge in [-0.3, -0.25) is 0 Å². The van der Waals surface area contributed by atoms with Crippen LogP contribution in [0.1, 0.15) is 12.8 Å². The van der Waals surface area contributed by atoms with Crippen LogP contribution in [0.15, 0.2) is 6.33 Å². The summed E-state index contributed by atoms with van der Waals surface area (Å²) >= 11 is 0. The van der Waals surface area contributed by atoms with Gasteiger partial charge in [0.05, 0.1) is 6.33 Å². The Morgan fingerprint density at radius 2 is 2.00 bits per heavy atom. The average Bonchev–Trinajstić information content (AvgIpc) is 2.87. The quantitative estimate of drug-likeness (QED) is 0.756. The minimum atomic E-state index is 0.506. The molecule has 0 unspecified atom stereocenters. The predicted molar refractivity (Wildman–Crippen MR) is 62.2 cm³/mol. The molecule has 0 bridgehead atoms. The van der Waals surface area contributed by atoms with Crippen LogP contribution >= 0.6 is 0 Å². The molecule has 6 nitrogen and oxygen atoms in total. The highest BCUT2D eigenvalue weighted by molar-refractivity contribution is 5.83. The molecule has 0 amide bonds. The Bertz CT molecular complexity index is 525. The van der Waals surface area contributed by atoms with E-state index in [9.17, 15) is 0 Å². The molecule has 84 valence electrons. The number of anilines is 2. The Balaban J connectivity index is 2.13. The first-order valence-corrected chi connectivity index (χ1v) is 5.45. The van der Waals surface area contributed by atoms with Crippen molar-refractivity contribution in [3.63, 3.8) is 0 Å². The molecule has 1 saturated heterocycles. The number of aromatic nitrogens is 4. The lowest BCUT2D eigenvalue weighted by Gasteiger charge is -2.15. The summed E-state index contributed by atoms with van der Waals surface area (Å²) in [6.45, 7) is 2.02. The molecule has 3 heterocycles. The number of nitrogens with zero attached hydrogens (tertiary/aromatic N) is 5. The van der Waals surface area contributed by atoms with Gasteiger partial charge < -0.3 is 15.2 Å². The Morgan fingerprint density at radius 3 is 2.75 bits per heavy atom. The van der Waals surface area contributed by atoms with Crippen LogP contribution in [0.2, 0.25) is 0 Å². The van der Waals surface area contributed by atoms with Gasteiger partial charge in [0.1, 0.15) is 5.52 Å². The first-order chi connectivity index (χ1) is 7.75. The van der Waals surface area contributed by atoms with Crippen LogP contribution in [0.5, 0.6) is 0 Å². The Kier molecular flexibility index (Phi) is 1.95. The second-order valence-corrected chi connectivity index (χ2v) is 4.13. The molecule has 2 aromatic heterocycles. The van der Waals surface area contributed by atoms with Crippen molar-refractivity contribution in [3.8, 4) is 0 Å². The molecule has 0 spiro atoms. The summed E-state index contributed by atoms with van der Waals surface area (Å²) in [5.41, 5.74) is 7.42. The highest BCUT2D eigenvalue weighted by Gasteiger charge is 2.17. The molecule has 3 rings (SSSR count). The molecule has 1 aliphatic heterocycles. The third-order valence-corrected chi connectivity index (χ3v) is 2.98. The minimum Gasteiger partial charge on any atom is -0.382 e. The minimum absolute atomic E-state index is 0.506. The summed E-state index contributed by atoms with van der Waals surface area (Å²) in [7, 11) is 1.89.